The van der Waals surface area contributed by atoms with E-state index >= 15 is 0 Å². The van der Waals surface area contributed by atoms with Gasteiger partial charge in [0.1, 0.15) is 0 Å². The number of aromatic amines is 3. The second kappa shape index (κ2) is 10.2. The molecule has 4 aromatic rings. The van der Waals surface area contributed by atoms with Crippen molar-refractivity contribution in [2.75, 3.05) is 7.11 Å². The first-order valence-electron chi connectivity index (χ1n) is 9.42. The molecule has 0 bridgehead atoms. The van der Waals surface area contributed by atoms with Crippen LogP contribution in [0.2, 0.25) is 0 Å². The van der Waals surface area contributed by atoms with Gasteiger partial charge in [0, 0.05) is 17.7 Å². The lowest BCUT2D eigenvalue weighted by molar-refractivity contribution is 0.407. The summed E-state index contributed by atoms with van der Waals surface area (Å²) in [5.74, 6) is 0.208. The molecule has 0 spiro atoms. The van der Waals surface area contributed by atoms with Gasteiger partial charge < -0.3 is 4.74 Å². The van der Waals surface area contributed by atoms with Crippen molar-refractivity contribution >= 4 is 0 Å². The van der Waals surface area contributed by atoms with Gasteiger partial charge in [-0.25, -0.2) is 5.10 Å². The molecule has 0 unspecified atom stereocenters. The van der Waals surface area contributed by atoms with E-state index < -0.39 is 11.0 Å². The maximum Gasteiger partial charge on any atom is 0.310 e. The molecule has 0 amide bonds. The minimum atomic E-state index is -0.683. The van der Waals surface area contributed by atoms with Gasteiger partial charge in [-0.15, -0.1) is 0 Å². The van der Waals surface area contributed by atoms with Gasteiger partial charge in [-0.2, -0.15) is 15.6 Å². The van der Waals surface area contributed by atoms with E-state index in [1.807, 2.05) is 12.1 Å². The molecule has 10 nitrogen and oxygen atoms in total. The van der Waals surface area contributed by atoms with Crippen LogP contribution in [0.15, 0.2) is 75.0 Å². The van der Waals surface area contributed by atoms with E-state index in [4.69, 9.17) is 15.3 Å². The third-order valence-electron chi connectivity index (χ3n) is 4.43. The molecule has 162 valence electrons. The van der Waals surface area contributed by atoms with Crippen molar-refractivity contribution in [2.45, 2.75) is 0 Å². The molecule has 0 aliphatic carbocycles. The molecule has 4 rings (SSSR count). The van der Waals surface area contributed by atoms with E-state index in [1.54, 1.807) is 54.6 Å². The number of nitrogens with one attached hydrogen (secondary N) is 3. The van der Waals surface area contributed by atoms with Crippen molar-refractivity contribution in [1.82, 2.24) is 20.4 Å². The second-order valence-corrected chi connectivity index (χ2v) is 6.53. The average Bonchev–Trinajstić information content (AvgIpc) is 2.86. The van der Waals surface area contributed by atoms with Crippen LogP contribution < -0.4 is 21.3 Å². The van der Waals surface area contributed by atoms with Crippen LogP contribution in [-0.2, 0) is 0 Å². The Morgan fingerprint density at radius 2 is 1.36 bits per heavy atom. The molecule has 0 fully saturated rings. The minimum Gasteiger partial charge on any atom is -0.491 e. The Bertz CT molecular complexity index is 1520. The van der Waals surface area contributed by atoms with Gasteiger partial charge in [-0.3, -0.25) is 24.6 Å². The molecule has 0 aliphatic rings. The summed E-state index contributed by atoms with van der Waals surface area (Å²) >= 11 is 0. The van der Waals surface area contributed by atoms with Crippen LogP contribution in [0.3, 0.4) is 0 Å². The fourth-order valence-corrected chi connectivity index (χ4v) is 2.70. The highest BCUT2D eigenvalue weighted by Gasteiger charge is 2.05. The normalized spacial score (nSPS) is 9.67. The Balaban J connectivity index is 0.000000186. The van der Waals surface area contributed by atoms with Gasteiger partial charge in [0.2, 0.25) is 5.43 Å². The standard InChI is InChI=1S/C12H9N3O2.C11H7N3O2/c1-17-11-6-10(14-15-12(11)16)9-4-2-8(7-13)3-5-9;12-6-7-1-3-8(4-2-7)9-5-10(15)11(16)14-13-9/h2-6H,1H3,(H,15,16);1-5H,(H,13,15)(H,14,16). The molecule has 2 aromatic carbocycles. The van der Waals surface area contributed by atoms with Crippen LogP contribution in [-0.4, -0.2) is 27.5 Å². The Morgan fingerprint density at radius 3 is 1.88 bits per heavy atom. The Labute approximate surface area is 186 Å². The lowest BCUT2D eigenvalue weighted by atomic mass is 10.1. The minimum absolute atomic E-state index is 0.208. The summed E-state index contributed by atoms with van der Waals surface area (Å²) in [7, 11) is 1.42. The molecule has 0 atom stereocenters. The maximum absolute atomic E-state index is 11.2. The first kappa shape index (κ1) is 22.5. The number of benzene rings is 2. The van der Waals surface area contributed by atoms with Gasteiger partial charge in [-0.1, -0.05) is 24.3 Å². The van der Waals surface area contributed by atoms with Crippen LogP contribution in [0.25, 0.3) is 22.5 Å². The van der Waals surface area contributed by atoms with Gasteiger partial charge in [0.25, 0.3) is 0 Å². The fraction of sp³-hybridized carbons (Fsp3) is 0.0435. The van der Waals surface area contributed by atoms with E-state index in [0.717, 1.165) is 11.1 Å². The van der Waals surface area contributed by atoms with Crippen molar-refractivity contribution < 1.29 is 4.74 Å². The molecule has 0 radical (unpaired) electrons. The number of methoxy groups -OCH3 is 1. The largest absolute Gasteiger partial charge is 0.491 e. The van der Waals surface area contributed by atoms with Gasteiger partial charge in [0.05, 0.1) is 41.8 Å². The van der Waals surface area contributed by atoms with Gasteiger partial charge >= 0.3 is 11.1 Å². The maximum atomic E-state index is 11.2. The van der Waals surface area contributed by atoms with Gasteiger partial charge in [-0.05, 0) is 29.8 Å². The zero-order chi connectivity index (χ0) is 23.8. The first-order chi connectivity index (χ1) is 15.9. The number of rotatable bonds is 3. The predicted molar refractivity (Wildman–Crippen MR) is 119 cm³/mol. The molecule has 0 saturated carbocycles. The Hall–Kier alpha value is -5.22. The summed E-state index contributed by atoms with van der Waals surface area (Å²) < 4.78 is 4.92. The lowest BCUT2D eigenvalue weighted by Gasteiger charge is -2.02. The zero-order valence-corrected chi connectivity index (χ0v) is 17.2. The number of H-pyrrole nitrogens is 3. The van der Waals surface area contributed by atoms with Crippen LogP contribution in [0.5, 0.6) is 5.75 Å². The highest BCUT2D eigenvalue weighted by Crippen LogP contribution is 2.18. The predicted octanol–water partition coefficient (Wildman–Crippen LogP) is 1.92. The highest BCUT2D eigenvalue weighted by molar-refractivity contribution is 5.61. The quantitative estimate of drug-likeness (QED) is 0.409. The van der Waals surface area contributed by atoms with E-state index in [0.29, 0.717) is 22.5 Å². The number of nitrogens with zero attached hydrogens (tertiary/aromatic N) is 3. The molecule has 0 saturated heterocycles. The third kappa shape index (κ3) is 5.48. The summed E-state index contributed by atoms with van der Waals surface area (Å²) in [5, 5.41) is 28.4. The molecule has 10 heteroatoms. The molecular formula is C23H16N6O4. The second-order valence-electron chi connectivity index (χ2n) is 6.53. The molecular weight excluding hydrogens is 424 g/mol. The number of ether oxygens (including phenoxy) is 1. The topological polar surface area (TPSA) is 168 Å². The van der Waals surface area contributed by atoms with E-state index in [1.165, 1.54) is 13.2 Å². The SMILES string of the molecule is COc1cc(-c2ccc(C#N)cc2)n[nH]c1=O.N#Cc1ccc(-c2cc(=O)c(=O)[nH][nH]2)cc1. The summed E-state index contributed by atoms with van der Waals surface area (Å²) in [6.07, 6.45) is 0. The van der Waals surface area contributed by atoms with Crippen LogP contribution >= 0.6 is 0 Å². The van der Waals surface area contributed by atoms with Crippen molar-refractivity contribution in [3.05, 3.63) is 103 Å². The molecule has 2 heterocycles. The van der Waals surface area contributed by atoms with Crippen LogP contribution in [0.4, 0.5) is 0 Å². The third-order valence-corrected chi connectivity index (χ3v) is 4.43. The number of aromatic nitrogens is 4. The molecule has 33 heavy (non-hydrogen) atoms. The molecule has 2 aromatic heterocycles. The van der Waals surface area contributed by atoms with Crippen molar-refractivity contribution in [1.29, 1.82) is 10.5 Å². The van der Waals surface area contributed by atoms with E-state index in [9.17, 15) is 14.4 Å². The summed E-state index contributed by atoms with van der Waals surface area (Å²) in [4.78, 5) is 33.2. The smallest absolute Gasteiger partial charge is 0.310 e. The Kier molecular flexibility index (Phi) is 6.94. The molecule has 0 aliphatic heterocycles. The van der Waals surface area contributed by atoms with Crippen molar-refractivity contribution in [3.63, 3.8) is 0 Å². The average molecular weight is 440 g/mol. The lowest BCUT2D eigenvalue weighted by Crippen LogP contribution is -2.26. The van der Waals surface area contributed by atoms with E-state index in [2.05, 4.69) is 20.4 Å². The fourth-order valence-electron chi connectivity index (χ4n) is 2.70. The summed E-state index contributed by atoms with van der Waals surface area (Å²) in [5.41, 5.74) is 2.09. The van der Waals surface area contributed by atoms with Crippen LogP contribution in [0, 0.1) is 22.7 Å². The monoisotopic (exact) mass is 440 g/mol. The van der Waals surface area contributed by atoms with Crippen molar-refractivity contribution in [3.8, 4) is 40.4 Å². The Morgan fingerprint density at radius 1 is 0.788 bits per heavy atom. The number of hydrogen-bond donors (Lipinski definition) is 3. The van der Waals surface area contributed by atoms with Crippen molar-refractivity contribution in [2.24, 2.45) is 0 Å². The summed E-state index contributed by atoms with van der Waals surface area (Å²) in [6, 6.07) is 20.4. The van der Waals surface area contributed by atoms with E-state index in [-0.39, 0.29) is 11.3 Å². The van der Waals surface area contributed by atoms with Crippen LogP contribution in [0.1, 0.15) is 11.1 Å². The first-order valence-corrected chi connectivity index (χ1v) is 9.42. The number of hydrogen-bond acceptors (Lipinski definition) is 7. The zero-order valence-electron chi connectivity index (χ0n) is 17.2. The summed E-state index contributed by atoms with van der Waals surface area (Å²) in [6.45, 7) is 0. The molecule has 3 N–H and O–H groups in total. The number of nitriles is 2. The highest BCUT2D eigenvalue weighted by atomic mass is 16.5. The van der Waals surface area contributed by atoms with Gasteiger partial charge in [0.15, 0.2) is 5.75 Å².